The van der Waals surface area contributed by atoms with Crippen LogP contribution in [-0.2, 0) is 10.5 Å². The molecule has 0 saturated carbocycles. The van der Waals surface area contributed by atoms with Gasteiger partial charge in [0.15, 0.2) is 5.15 Å². The van der Waals surface area contributed by atoms with E-state index >= 15 is 0 Å². The molecule has 1 aromatic carbocycles. The van der Waals surface area contributed by atoms with Crippen LogP contribution in [-0.4, -0.2) is 27.2 Å². The van der Waals surface area contributed by atoms with Gasteiger partial charge in [0, 0.05) is 11.9 Å². The van der Waals surface area contributed by atoms with Gasteiger partial charge in [0.1, 0.15) is 5.52 Å². The Kier molecular flexibility index (Phi) is 4.83. The van der Waals surface area contributed by atoms with Crippen molar-refractivity contribution in [2.24, 2.45) is 0 Å². The molecule has 7 heteroatoms. The third kappa shape index (κ3) is 3.65. The zero-order valence-electron chi connectivity index (χ0n) is 12.4. The molecule has 0 aliphatic rings. The Hall–Kier alpha value is -2.05. The summed E-state index contributed by atoms with van der Waals surface area (Å²) in [6.07, 6.45) is 1.83. The van der Waals surface area contributed by atoms with Crippen LogP contribution in [0.25, 0.3) is 5.52 Å². The van der Waals surface area contributed by atoms with E-state index in [1.807, 2.05) is 30.5 Å². The molecule has 118 valence electrons. The molecule has 5 nitrogen and oxygen atoms in total. The fourth-order valence-electron chi connectivity index (χ4n) is 2.04. The van der Waals surface area contributed by atoms with Gasteiger partial charge in [-0.1, -0.05) is 35.5 Å². The summed E-state index contributed by atoms with van der Waals surface area (Å²) in [7, 11) is 0. The minimum absolute atomic E-state index is 0.306. The minimum atomic E-state index is -0.306. The molecule has 0 spiro atoms. The molecule has 0 unspecified atom stereocenters. The second-order valence-electron chi connectivity index (χ2n) is 4.73. The van der Waals surface area contributed by atoms with E-state index in [1.54, 1.807) is 23.6 Å². The highest BCUT2D eigenvalue weighted by Crippen LogP contribution is 2.23. The van der Waals surface area contributed by atoms with Gasteiger partial charge in [0.2, 0.25) is 5.16 Å². The molecule has 0 N–H and O–H groups in total. The highest BCUT2D eigenvalue weighted by atomic mass is 35.5. The van der Waals surface area contributed by atoms with Crippen LogP contribution in [0, 0.1) is 0 Å². The lowest BCUT2D eigenvalue weighted by molar-refractivity contribution is 0.0526. The zero-order chi connectivity index (χ0) is 16.2. The molecule has 0 bridgehead atoms. The van der Waals surface area contributed by atoms with E-state index in [4.69, 9.17) is 16.3 Å². The lowest BCUT2D eigenvalue weighted by atomic mass is 10.1. The number of rotatable bonds is 5. The Morgan fingerprint density at radius 1 is 1.30 bits per heavy atom. The van der Waals surface area contributed by atoms with Crippen molar-refractivity contribution in [2.45, 2.75) is 17.8 Å². The monoisotopic (exact) mass is 347 g/mol. The van der Waals surface area contributed by atoms with Crippen LogP contribution < -0.4 is 0 Å². The highest BCUT2D eigenvalue weighted by molar-refractivity contribution is 7.98. The first-order valence-electron chi connectivity index (χ1n) is 7.07. The first-order valence-corrected chi connectivity index (χ1v) is 8.43. The lowest BCUT2D eigenvalue weighted by Gasteiger charge is -2.05. The summed E-state index contributed by atoms with van der Waals surface area (Å²) in [6.45, 7) is 2.16. The lowest BCUT2D eigenvalue weighted by Crippen LogP contribution is -2.04. The third-order valence-electron chi connectivity index (χ3n) is 3.16. The second kappa shape index (κ2) is 7.02. The number of thioether (sulfide) groups is 1. The van der Waals surface area contributed by atoms with Crippen LogP contribution in [0.4, 0.5) is 0 Å². The average Bonchev–Trinajstić information content (AvgIpc) is 3.03. The Bertz CT molecular complexity index is 833. The summed E-state index contributed by atoms with van der Waals surface area (Å²) < 4.78 is 6.67. The molecular weight excluding hydrogens is 334 g/mol. The minimum Gasteiger partial charge on any atom is -0.462 e. The van der Waals surface area contributed by atoms with E-state index in [-0.39, 0.29) is 5.97 Å². The summed E-state index contributed by atoms with van der Waals surface area (Å²) in [5, 5.41) is 5.43. The first kappa shape index (κ1) is 15.8. The van der Waals surface area contributed by atoms with Crippen LogP contribution >= 0.6 is 23.4 Å². The van der Waals surface area contributed by atoms with Crippen molar-refractivity contribution in [2.75, 3.05) is 6.61 Å². The van der Waals surface area contributed by atoms with Gasteiger partial charge in [-0.2, -0.15) is 0 Å². The Labute approximate surface area is 142 Å². The van der Waals surface area contributed by atoms with Gasteiger partial charge in [-0.15, -0.1) is 5.10 Å². The van der Waals surface area contributed by atoms with Gasteiger partial charge < -0.3 is 4.74 Å². The number of fused-ring (bicyclic) bond motifs is 1. The van der Waals surface area contributed by atoms with Gasteiger partial charge >= 0.3 is 5.97 Å². The Morgan fingerprint density at radius 3 is 2.83 bits per heavy atom. The van der Waals surface area contributed by atoms with Crippen molar-refractivity contribution in [3.63, 3.8) is 0 Å². The van der Waals surface area contributed by atoms with Crippen molar-refractivity contribution in [1.82, 2.24) is 14.6 Å². The van der Waals surface area contributed by atoms with Gasteiger partial charge in [0.05, 0.1) is 12.2 Å². The van der Waals surface area contributed by atoms with Gasteiger partial charge in [-0.3, -0.25) is 0 Å². The number of carbonyl (C=O) groups excluding carboxylic acids is 1. The van der Waals surface area contributed by atoms with Crippen molar-refractivity contribution < 1.29 is 9.53 Å². The van der Waals surface area contributed by atoms with Crippen LogP contribution in [0.1, 0.15) is 22.8 Å². The predicted molar refractivity (Wildman–Crippen MR) is 90.0 cm³/mol. The Balaban J connectivity index is 1.68. The zero-order valence-corrected chi connectivity index (χ0v) is 14.0. The van der Waals surface area contributed by atoms with Crippen LogP contribution in [0.2, 0.25) is 5.15 Å². The van der Waals surface area contributed by atoms with Crippen molar-refractivity contribution >= 4 is 34.8 Å². The number of halogens is 1. The maximum absolute atomic E-state index is 11.6. The van der Waals surface area contributed by atoms with E-state index in [2.05, 4.69) is 10.1 Å². The summed E-state index contributed by atoms with van der Waals surface area (Å²) >= 11 is 7.62. The van der Waals surface area contributed by atoms with Crippen molar-refractivity contribution in [3.8, 4) is 0 Å². The summed E-state index contributed by atoms with van der Waals surface area (Å²) in [5.41, 5.74) is 2.40. The Morgan fingerprint density at radius 2 is 2.09 bits per heavy atom. The highest BCUT2D eigenvalue weighted by Gasteiger charge is 2.08. The summed E-state index contributed by atoms with van der Waals surface area (Å²) in [6, 6.07) is 11.1. The molecule has 3 aromatic rings. The normalized spacial score (nSPS) is 10.9. The molecule has 2 aromatic heterocycles. The molecule has 0 atom stereocenters. The summed E-state index contributed by atoms with van der Waals surface area (Å²) in [5.74, 6) is 0.381. The molecule has 0 radical (unpaired) electrons. The molecular formula is C16H14ClN3O2S. The average molecular weight is 348 g/mol. The summed E-state index contributed by atoms with van der Waals surface area (Å²) in [4.78, 5) is 15.9. The third-order valence-corrected chi connectivity index (χ3v) is 4.35. The number of carbonyl (C=O) groups is 1. The largest absolute Gasteiger partial charge is 0.462 e. The van der Waals surface area contributed by atoms with E-state index in [1.165, 1.54) is 11.8 Å². The van der Waals surface area contributed by atoms with Crippen LogP contribution in [0.15, 0.2) is 47.8 Å². The fourth-order valence-corrected chi connectivity index (χ4v) is 3.11. The number of esters is 1. The SMILES string of the molecule is CCOC(=O)c1ccc(CSc2nc(Cl)c3cccn3n2)cc1. The topological polar surface area (TPSA) is 56.5 Å². The molecule has 0 aliphatic carbocycles. The molecule has 0 saturated heterocycles. The number of ether oxygens (including phenoxy) is 1. The van der Waals surface area contributed by atoms with Crippen LogP contribution in [0.3, 0.4) is 0 Å². The molecule has 0 fully saturated rings. The molecule has 2 heterocycles. The maximum atomic E-state index is 11.6. The molecule has 3 rings (SSSR count). The number of nitrogens with zero attached hydrogens (tertiary/aromatic N) is 3. The number of aromatic nitrogens is 3. The van der Waals surface area contributed by atoms with E-state index < -0.39 is 0 Å². The first-order chi connectivity index (χ1) is 11.2. The van der Waals surface area contributed by atoms with E-state index in [0.717, 1.165) is 11.1 Å². The maximum Gasteiger partial charge on any atom is 0.338 e. The second-order valence-corrected chi connectivity index (χ2v) is 6.03. The molecule has 23 heavy (non-hydrogen) atoms. The molecule has 0 amide bonds. The quantitative estimate of drug-likeness (QED) is 0.518. The van der Waals surface area contributed by atoms with Crippen molar-refractivity contribution in [1.29, 1.82) is 0 Å². The van der Waals surface area contributed by atoms with Gasteiger partial charge in [-0.05, 0) is 36.8 Å². The fraction of sp³-hybridized carbons (Fsp3) is 0.188. The van der Waals surface area contributed by atoms with E-state index in [0.29, 0.717) is 28.2 Å². The standard InChI is InChI=1S/C16H14ClN3O2S/c1-2-22-15(21)12-7-5-11(6-8-12)10-23-16-18-14(17)13-4-3-9-20(13)19-16/h3-9H,2,10H2,1H3. The van der Waals surface area contributed by atoms with Crippen molar-refractivity contribution in [3.05, 3.63) is 58.9 Å². The number of hydrogen-bond donors (Lipinski definition) is 0. The van der Waals surface area contributed by atoms with Crippen LogP contribution in [0.5, 0.6) is 0 Å². The van der Waals surface area contributed by atoms with Gasteiger partial charge in [0.25, 0.3) is 0 Å². The predicted octanol–water partition coefficient (Wildman–Crippen LogP) is 3.85. The number of hydrogen-bond acceptors (Lipinski definition) is 5. The number of benzene rings is 1. The van der Waals surface area contributed by atoms with Gasteiger partial charge in [-0.25, -0.2) is 14.3 Å². The molecule has 0 aliphatic heterocycles. The van der Waals surface area contributed by atoms with E-state index in [9.17, 15) is 4.79 Å². The smallest absolute Gasteiger partial charge is 0.338 e.